The van der Waals surface area contributed by atoms with Crippen LogP contribution in [0.3, 0.4) is 0 Å². The monoisotopic (exact) mass is 179 g/mol. The molecule has 13 heavy (non-hydrogen) atoms. The van der Waals surface area contributed by atoms with Gasteiger partial charge in [-0.2, -0.15) is 0 Å². The highest BCUT2D eigenvalue weighted by Crippen LogP contribution is 2.12. The van der Waals surface area contributed by atoms with Crippen LogP contribution in [0.15, 0.2) is 30.3 Å². The second-order valence-corrected chi connectivity index (χ2v) is 3.09. The van der Waals surface area contributed by atoms with Gasteiger partial charge in [-0.25, -0.2) is 5.11 Å². The van der Waals surface area contributed by atoms with Gasteiger partial charge in [0.05, 0.1) is 12.7 Å². The molecule has 0 aliphatic heterocycles. The molecule has 0 saturated heterocycles. The SMILES string of the molecule is CC(CCC[O])Oc1ccccc1. The molecule has 1 aromatic rings. The minimum absolute atomic E-state index is 0.0114. The topological polar surface area (TPSA) is 29.1 Å². The van der Waals surface area contributed by atoms with Gasteiger partial charge in [-0.1, -0.05) is 18.2 Å². The maximum atomic E-state index is 10.2. The molecule has 2 heteroatoms. The van der Waals surface area contributed by atoms with Crippen molar-refractivity contribution in [1.29, 1.82) is 0 Å². The summed E-state index contributed by atoms with van der Waals surface area (Å²) >= 11 is 0. The van der Waals surface area contributed by atoms with E-state index in [1.807, 2.05) is 37.3 Å². The van der Waals surface area contributed by atoms with E-state index < -0.39 is 0 Å². The van der Waals surface area contributed by atoms with Gasteiger partial charge < -0.3 is 4.74 Å². The molecule has 1 radical (unpaired) electrons. The minimum atomic E-state index is -0.0114. The van der Waals surface area contributed by atoms with Crippen molar-refractivity contribution in [3.05, 3.63) is 30.3 Å². The number of benzene rings is 1. The molecular formula is C11H15O2. The third kappa shape index (κ3) is 3.95. The maximum absolute atomic E-state index is 10.2. The lowest BCUT2D eigenvalue weighted by molar-refractivity contribution is 0.154. The van der Waals surface area contributed by atoms with Crippen LogP contribution in [0, 0.1) is 0 Å². The molecule has 0 fully saturated rings. The van der Waals surface area contributed by atoms with Crippen LogP contribution in [-0.4, -0.2) is 12.7 Å². The fraction of sp³-hybridized carbons (Fsp3) is 0.455. The Morgan fingerprint density at radius 3 is 2.62 bits per heavy atom. The van der Waals surface area contributed by atoms with E-state index in [9.17, 15) is 5.11 Å². The normalized spacial score (nSPS) is 12.5. The van der Waals surface area contributed by atoms with Crippen LogP contribution in [-0.2, 0) is 5.11 Å². The van der Waals surface area contributed by atoms with Crippen LogP contribution < -0.4 is 4.74 Å². The highest BCUT2D eigenvalue weighted by atomic mass is 16.5. The predicted molar refractivity (Wildman–Crippen MR) is 51.3 cm³/mol. The first-order valence-corrected chi connectivity index (χ1v) is 4.62. The summed E-state index contributed by atoms with van der Waals surface area (Å²) in [5, 5.41) is 10.2. The van der Waals surface area contributed by atoms with E-state index in [0.717, 1.165) is 12.2 Å². The summed E-state index contributed by atoms with van der Waals surface area (Å²) in [6.45, 7) is 1.98. The average Bonchev–Trinajstić information content (AvgIpc) is 2.16. The number of hydrogen-bond donors (Lipinski definition) is 0. The molecule has 0 heterocycles. The van der Waals surface area contributed by atoms with Gasteiger partial charge in [0.15, 0.2) is 0 Å². The van der Waals surface area contributed by atoms with Gasteiger partial charge in [-0.05, 0) is 31.9 Å². The lowest BCUT2D eigenvalue weighted by atomic mass is 10.2. The molecule has 0 aliphatic carbocycles. The fourth-order valence-electron chi connectivity index (χ4n) is 1.16. The zero-order valence-corrected chi connectivity index (χ0v) is 7.90. The molecule has 0 N–H and O–H groups in total. The molecule has 1 atom stereocenters. The number of para-hydroxylation sites is 1. The molecular weight excluding hydrogens is 164 g/mol. The summed E-state index contributed by atoms with van der Waals surface area (Å²) in [4.78, 5) is 0. The van der Waals surface area contributed by atoms with E-state index in [0.29, 0.717) is 6.42 Å². The average molecular weight is 179 g/mol. The molecule has 1 aromatic carbocycles. The summed E-state index contributed by atoms with van der Waals surface area (Å²) in [5.74, 6) is 0.876. The summed E-state index contributed by atoms with van der Waals surface area (Å²) in [6, 6.07) is 9.68. The summed E-state index contributed by atoms with van der Waals surface area (Å²) in [5.41, 5.74) is 0. The zero-order valence-electron chi connectivity index (χ0n) is 7.90. The minimum Gasteiger partial charge on any atom is -0.491 e. The van der Waals surface area contributed by atoms with Crippen molar-refractivity contribution in [3.63, 3.8) is 0 Å². The van der Waals surface area contributed by atoms with Crippen molar-refractivity contribution in [2.75, 3.05) is 6.61 Å². The van der Waals surface area contributed by atoms with Gasteiger partial charge in [-0.3, -0.25) is 0 Å². The third-order valence-corrected chi connectivity index (χ3v) is 1.84. The molecule has 71 valence electrons. The first-order chi connectivity index (χ1) is 6.33. The Labute approximate surface area is 79.2 Å². The van der Waals surface area contributed by atoms with Crippen LogP contribution in [0.4, 0.5) is 0 Å². The Morgan fingerprint density at radius 2 is 2.00 bits per heavy atom. The molecule has 0 aliphatic rings. The van der Waals surface area contributed by atoms with E-state index in [-0.39, 0.29) is 12.7 Å². The Hall–Kier alpha value is -1.02. The highest BCUT2D eigenvalue weighted by molar-refractivity contribution is 5.21. The first-order valence-electron chi connectivity index (χ1n) is 4.62. The van der Waals surface area contributed by atoms with Crippen molar-refractivity contribution in [1.82, 2.24) is 0 Å². The predicted octanol–water partition coefficient (Wildman–Crippen LogP) is 2.66. The summed E-state index contributed by atoms with van der Waals surface area (Å²) in [7, 11) is 0. The second kappa shape index (κ2) is 5.60. The quantitative estimate of drug-likeness (QED) is 0.683. The Bertz CT molecular complexity index is 221. The van der Waals surface area contributed by atoms with E-state index in [2.05, 4.69) is 0 Å². The van der Waals surface area contributed by atoms with Gasteiger partial charge >= 0.3 is 0 Å². The molecule has 1 unspecified atom stereocenters. The standard InChI is InChI=1S/C11H15O2/c1-10(6-5-9-12)13-11-7-3-2-4-8-11/h2-4,7-8,10H,5-6,9H2,1H3. The number of rotatable bonds is 5. The Balaban J connectivity index is 2.32. The lowest BCUT2D eigenvalue weighted by Crippen LogP contribution is -2.11. The van der Waals surface area contributed by atoms with Crippen molar-refractivity contribution in [3.8, 4) is 5.75 Å². The van der Waals surface area contributed by atoms with Crippen molar-refractivity contribution in [2.45, 2.75) is 25.9 Å². The third-order valence-electron chi connectivity index (χ3n) is 1.84. The molecule has 0 spiro atoms. The van der Waals surface area contributed by atoms with Crippen LogP contribution in [0.2, 0.25) is 0 Å². The smallest absolute Gasteiger partial charge is 0.119 e. The van der Waals surface area contributed by atoms with E-state index in [4.69, 9.17) is 4.74 Å². The van der Waals surface area contributed by atoms with Gasteiger partial charge in [0.25, 0.3) is 0 Å². The highest BCUT2D eigenvalue weighted by Gasteiger charge is 2.02. The van der Waals surface area contributed by atoms with Gasteiger partial charge in [0, 0.05) is 0 Å². The van der Waals surface area contributed by atoms with Gasteiger partial charge in [0.2, 0.25) is 0 Å². The van der Waals surface area contributed by atoms with Gasteiger partial charge in [0.1, 0.15) is 5.75 Å². The van der Waals surface area contributed by atoms with E-state index in [1.165, 1.54) is 0 Å². The molecule has 0 aromatic heterocycles. The molecule has 0 saturated carbocycles. The second-order valence-electron chi connectivity index (χ2n) is 3.09. The van der Waals surface area contributed by atoms with Crippen molar-refractivity contribution < 1.29 is 9.84 Å². The van der Waals surface area contributed by atoms with Gasteiger partial charge in [-0.15, -0.1) is 0 Å². The number of ether oxygens (including phenoxy) is 1. The maximum Gasteiger partial charge on any atom is 0.119 e. The largest absolute Gasteiger partial charge is 0.491 e. The van der Waals surface area contributed by atoms with E-state index in [1.54, 1.807) is 0 Å². The van der Waals surface area contributed by atoms with Crippen LogP contribution in [0.1, 0.15) is 19.8 Å². The van der Waals surface area contributed by atoms with Crippen LogP contribution >= 0.6 is 0 Å². The molecule has 2 nitrogen and oxygen atoms in total. The number of hydrogen-bond acceptors (Lipinski definition) is 1. The summed E-state index contributed by atoms with van der Waals surface area (Å²) < 4.78 is 5.58. The molecule has 1 rings (SSSR count). The lowest BCUT2D eigenvalue weighted by Gasteiger charge is -2.13. The zero-order chi connectivity index (χ0) is 9.52. The Kier molecular flexibility index (Phi) is 4.33. The molecule has 0 bridgehead atoms. The summed E-state index contributed by atoms with van der Waals surface area (Å²) in [6.07, 6.45) is 1.66. The fourth-order valence-corrected chi connectivity index (χ4v) is 1.16. The van der Waals surface area contributed by atoms with Crippen molar-refractivity contribution >= 4 is 0 Å². The Morgan fingerprint density at radius 1 is 1.31 bits per heavy atom. The first kappa shape index (κ1) is 10.1. The van der Waals surface area contributed by atoms with Crippen molar-refractivity contribution in [2.24, 2.45) is 0 Å². The van der Waals surface area contributed by atoms with Crippen LogP contribution in [0.5, 0.6) is 5.75 Å². The van der Waals surface area contributed by atoms with E-state index >= 15 is 0 Å². The molecule has 0 amide bonds. The van der Waals surface area contributed by atoms with Crippen LogP contribution in [0.25, 0.3) is 0 Å².